The van der Waals surface area contributed by atoms with Gasteiger partial charge >= 0.3 is 37.7 Å². The number of aromatic amines is 2. The van der Waals surface area contributed by atoms with E-state index in [9.17, 15) is 0 Å². The van der Waals surface area contributed by atoms with Crippen molar-refractivity contribution in [3.05, 3.63) is 48.5 Å². The number of ether oxygens (including phenoxy) is 8. The summed E-state index contributed by atoms with van der Waals surface area (Å²) in [5.74, 6) is 3.67. The Balaban J connectivity index is 0.00000256. The molecule has 7 aromatic rings. The van der Waals surface area contributed by atoms with Gasteiger partial charge in [0.15, 0.2) is 46.3 Å². The maximum absolute atomic E-state index is 6.03. The molecule has 0 saturated carbocycles. The first kappa shape index (κ1) is 40.0. The Morgan fingerprint density at radius 2 is 0.655 bits per heavy atom. The Morgan fingerprint density at radius 3 is 1.07 bits per heavy atom. The quantitative estimate of drug-likeness (QED) is 0.209. The normalized spacial score (nSPS) is 11.2. The molecule has 0 atom stereocenters. The average molecular weight is 769 g/mol. The van der Waals surface area contributed by atoms with Gasteiger partial charge in [-0.25, -0.2) is 29.9 Å². The van der Waals surface area contributed by atoms with Crippen molar-refractivity contribution in [2.45, 2.75) is 0 Å². The molecule has 18 heteroatoms. The van der Waals surface area contributed by atoms with E-state index >= 15 is 0 Å². The molecule has 8 bridgehead atoms. The number of aromatic nitrogens is 8. The number of hydrogen-bond acceptors (Lipinski definition) is 14. The van der Waals surface area contributed by atoms with Gasteiger partial charge in [0.05, 0.1) is 78.8 Å². The van der Waals surface area contributed by atoms with Gasteiger partial charge in [0.25, 0.3) is 0 Å². The van der Waals surface area contributed by atoms with E-state index < -0.39 is 0 Å². The molecule has 5 heterocycles. The minimum absolute atomic E-state index is 0. The van der Waals surface area contributed by atoms with Crippen LogP contribution < -0.4 is 75.6 Å². The van der Waals surface area contributed by atoms with Crippen LogP contribution in [0.2, 0.25) is 0 Å². The van der Waals surface area contributed by atoms with Crippen LogP contribution in [0.4, 0.5) is 0 Å². The molecule has 4 aromatic carbocycles. The minimum atomic E-state index is 0. The van der Waals surface area contributed by atoms with Gasteiger partial charge in [-0.2, -0.15) is 0 Å². The zero-order chi connectivity index (χ0) is 38.8. The van der Waals surface area contributed by atoms with Crippen molar-refractivity contribution in [2.24, 2.45) is 0 Å². The molecule has 0 spiro atoms. The van der Waals surface area contributed by atoms with E-state index in [4.69, 9.17) is 67.8 Å². The van der Waals surface area contributed by atoms with Crippen molar-refractivity contribution in [1.82, 2.24) is 39.9 Å². The van der Waals surface area contributed by atoms with Crippen LogP contribution in [0.5, 0.6) is 46.0 Å². The van der Waals surface area contributed by atoms with Crippen molar-refractivity contribution in [2.75, 3.05) is 56.9 Å². The first-order valence-corrected chi connectivity index (χ1v) is 17.2. The second-order valence-electron chi connectivity index (χ2n) is 12.5. The van der Waals surface area contributed by atoms with Crippen molar-refractivity contribution in [3.63, 3.8) is 0 Å². The number of benzene rings is 4. The molecule has 0 fully saturated rings. The summed E-state index contributed by atoms with van der Waals surface area (Å²) in [6, 6.07) is 15.6. The van der Waals surface area contributed by atoms with Crippen LogP contribution in [-0.4, -0.2) is 96.8 Å². The maximum atomic E-state index is 6.03. The maximum Gasteiger partial charge on any atom is 1.00 e. The number of nitrogens with zero attached hydrogens (tertiary/aromatic N) is 6. The minimum Gasteiger partial charge on any atom is -0.492 e. The van der Waals surface area contributed by atoms with Crippen molar-refractivity contribution in [3.8, 4) is 91.5 Å². The van der Waals surface area contributed by atoms with Crippen LogP contribution in [0.25, 0.3) is 89.7 Å². The van der Waals surface area contributed by atoms with E-state index in [0.29, 0.717) is 79.2 Å². The van der Waals surface area contributed by atoms with E-state index in [1.54, 1.807) is 0 Å². The Morgan fingerprint density at radius 1 is 0.345 bits per heavy atom. The van der Waals surface area contributed by atoms with Crippen molar-refractivity contribution in [1.29, 1.82) is 0 Å². The van der Waals surface area contributed by atoms with Crippen molar-refractivity contribution < 1.29 is 75.6 Å². The van der Waals surface area contributed by atoms with Gasteiger partial charge in [-0.3, -0.25) is 0 Å². The number of nitrogens with one attached hydrogen (secondary N) is 2. The Hall–Kier alpha value is -6.17. The Bertz CT molecular complexity index is 2960. The molecule has 3 aromatic heterocycles. The van der Waals surface area contributed by atoms with Gasteiger partial charge in [0, 0.05) is 21.9 Å². The summed E-state index contributed by atoms with van der Waals surface area (Å²) in [4.78, 5) is 37.4. The van der Waals surface area contributed by atoms with E-state index in [0.717, 1.165) is 21.9 Å². The predicted octanol–water partition coefficient (Wildman–Crippen LogP) is 0.946. The predicted molar refractivity (Wildman–Crippen MR) is 208 cm³/mol. The van der Waals surface area contributed by atoms with Crippen LogP contribution in [0.3, 0.4) is 0 Å². The molecule has 0 saturated heterocycles. The molecule has 2 aliphatic rings. The molecule has 2 aliphatic heterocycles. The number of methoxy groups -OCH3 is 8. The number of H-pyrrole nitrogens is 2. The zero-order valence-corrected chi connectivity index (χ0v) is 33.6. The summed E-state index contributed by atoms with van der Waals surface area (Å²) >= 11 is 0. The van der Waals surface area contributed by atoms with E-state index in [-0.39, 0.29) is 72.3 Å². The molecule has 16 nitrogen and oxygen atoms in total. The molecule has 9 rings (SSSR count). The fourth-order valence-corrected chi connectivity index (χ4v) is 7.51. The second kappa shape index (κ2) is 15.6. The SMILES string of the molecule is COc1c(OC)c(OC)c2c(c1OC)-c1nc-2nc2[nH]c(nc3nc(nc4[nH]c(n1)c1ccccc41)-c1ccccc1-3)c1c(OC)c(OC)c(OC)c(OC)c21.[Li+].[Li+]. The number of hydrogen-bond donors (Lipinski definition) is 2. The first-order valence-electron chi connectivity index (χ1n) is 17.2. The summed E-state index contributed by atoms with van der Waals surface area (Å²) in [6.07, 6.45) is 0. The van der Waals surface area contributed by atoms with Crippen LogP contribution in [0, 0.1) is 0 Å². The number of rotatable bonds is 8. The Labute approximate surface area is 355 Å². The van der Waals surface area contributed by atoms with Gasteiger partial charge in [-0.15, -0.1) is 0 Å². The molecule has 2 N–H and O–H groups in total. The molecule has 58 heavy (non-hydrogen) atoms. The molecule has 0 unspecified atom stereocenters. The van der Waals surface area contributed by atoms with Crippen LogP contribution in [0.1, 0.15) is 0 Å². The fraction of sp³-hybridized carbons (Fsp3) is 0.200. The summed E-state index contributed by atoms with van der Waals surface area (Å²) in [6.45, 7) is 0. The van der Waals surface area contributed by atoms with Crippen LogP contribution in [0.15, 0.2) is 48.5 Å². The average Bonchev–Trinajstić information content (AvgIpc) is 3.97. The standard InChI is InChI=1S/C40H34N8O8.2Li/c1-49-25-21-23(27(51-3)31(55-7)29(25)53-5)39-46-37(21)44-35-19-15-11-9-13-17(19)33(42-35)41-34-18-14-10-12-16-20(18)36(43-34)45-38-22-24(40(47-38)48-39)28(52-4)32(56-8)30(54-6)26(22)50-2;;/h9-16H,1-8H3,(H2,41,42,43,44,45,46,47,48);;/q;2*+1. The van der Waals surface area contributed by atoms with Gasteiger partial charge in [0.1, 0.15) is 22.6 Å². The van der Waals surface area contributed by atoms with Gasteiger partial charge in [-0.05, 0) is 0 Å². The molecular weight excluding hydrogens is 734 g/mol. The molecule has 0 amide bonds. The molecule has 282 valence electrons. The fourth-order valence-electron chi connectivity index (χ4n) is 7.51. The van der Waals surface area contributed by atoms with Gasteiger partial charge in [0.2, 0.25) is 23.0 Å². The summed E-state index contributed by atoms with van der Waals surface area (Å²) in [5, 5.41) is 2.57. The summed E-state index contributed by atoms with van der Waals surface area (Å²) in [5.41, 5.74) is 4.13. The van der Waals surface area contributed by atoms with Crippen LogP contribution in [-0.2, 0) is 0 Å². The van der Waals surface area contributed by atoms with Gasteiger partial charge in [-0.1, -0.05) is 48.5 Å². The summed E-state index contributed by atoms with van der Waals surface area (Å²) < 4.78 is 47.5. The third kappa shape index (κ3) is 5.74. The van der Waals surface area contributed by atoms with Gasteiger partial charge < -0.3 is 47.9 Å². The van der Waals surface area contributed by atoms with E-state index in [1.165, 1.54) is 56.9 Å². The number of fused-ring (bicyclic) bond motifs is 20. The monoisotopic (exact) mass is 768 g/mol. The smallest absolute Gasteiger partial charge is 0.492 e. The third-order valence-electron chi connectivity index (χ3n) is 9.81. The molecule has 0 aliphatic carbocycles. The summed E-state index contributed by atoms with van der Waals surface area (Å²) in [7, 11) is 12.2. The third-order valence-corrected chi connectivity index (χ3v) is 9.81. The van der Waals surface area contributed by atoms with Crippen molar-refractivity contribution >= 4 is 44.1 Å². The molecule has 0 radical (unpaired) electrons. The second-order valence-corrected chi connectivity index (χ2v) is 12.5. The van der Waals surface area contributed by atoms with E-state index in [1.807, 2.05) is 48.5 Å². The largest absolute Gasteiger partial charge is 1.00 e. The Kier molecular flexibility index (Phi) is 10.8. The van der Waals surface area contributed by atoms with Crippen LogP contribution >= 0.6 is 0 Å². The zero-order valence-electron chi connectivity index (χ0n) is 33.6. The molecular formula is C40H34Li2N8O8+2. The van der Waals surface area contributed by atoms with E-state index in [2.05, 4.69) is 9.97 Å². The topological polar surface area (TPSA) is 183 Å². The first-order chi connectivity index (χ1) is 27.4.